The Kier molecular flexibility index (Phi) is 3.17. The lowest BCUT2D eigenvalue weighted by Gasteiger charge is -2.27. The van der Waals surface area contributed by atoms with E-state index in [1.54, 1.807) is 11.3 Å². The van der Waals surface area contributed by atoms with Gasteiger partial charge in [0.25, 0.3) is 0 Å². The summed E-state index contributed by atoms with van der Waals surface area (Å²) in [5.74, 6) is 3.07. The van der Waals surface area contributed by atoms with E-state index < -0.39 is 10.8 Å². The number of aromatic nitrogens is 2. The molecular formula is C11H14N4OS2. The van der Waals surface area contributed by atoms with Gasteiger partial charge in [0, 0.05) is 42.4 Å². The summed E-state index contributed by atoms with van der Waals surface area (Å²) in [7, 11) is 1.16. The molecule has 0 aromatic carbocycles. The monoisotopic (exact) mass is 282 g/mol. The van der Waals surface area contributed by atoms with Crippen molar-refractivity contribution in [3.63, 3.8) is 0 Å². The van der Waals surface area contributed by atoms with Gasteiger partial charge in [-0.15, -0.1) is 11.3 Å². The fourth-order valence-electron chi connectivity index (χ4n) is 2.02. The number of nitrogens with zero attached hydrogens (tertiary/aromatic N) is 3. The number of thiophene rings is 1. The molecule has 2 aromatic heterocycles. The molecule has 3 heterocycles. The van der Waals surface area contributed by atoms with Crippen LogP contribution in [0.25, 0.3) is 10.2 Å². The van der Waals surface area contributed by atoms with E-state index in [1.165, 1.54) is 0 Å². The van der Waals surface area contributed by atoms with Crippen LogP contribution in [0.1, 0.15) is 0 Å². The molecule has 0 aliphatic carbocycles. The SMILES string of the molecule is CNc1nc(N2CCS(=O)CC2)c2sccc2n1. The van der Waals surface area contributed by atoms with Gasteiger partial charge in [-0.25, -0.2) is 4.98 Å². The number of hydrogen-bond acceptors (Lipinski definition) is 6. The molecule has 0 unspecified atom stereocenters. The molecular weight excluding hydrogens is 268 g/mol. The van der Waals surface area contributed by atoms with Crippen LogP contribution in [0.15, 0.2) is 11.4 Å². The van der Waals surface area contributed by atoms with Crippen molar-refractivity contribution >= 4 is 44.1 Å². The topological polar surface area (TPSA) is 58.1 Å². The number of anilines is 2. The Morgan fingerprint density at radius 2 is 2.17 bits per heavy atom. The van der Waals surface area contributed by atoms with Crippen LogP contribution in [-0.2, 0) is 10.8 Å². The van der Waals surface area contributed by atoms with Crippen molar-refractivity contribution in [3.8, 4) is 0 Å². The van der Waals surface area contributed by atoms with Gasteiger partial charge in [0.1, 0.15) is 0 Å². The normalized spacial score (nSPS) is 17.3. The molecule has 1 aliphatic heterocycles. The summed E-state index contributed by atoms with van der Waals surface area (Å²) in [6, 6.07) is 2.01. The van der Waals surface area contributed by atoms with E-state index in [9.17, 15) is 4.21 Å². The van der Waals surface area contributed by atoms with Crippen molar-refractivity contribution in [3.05, 3.63) is 11.4 Å². The quantitative estimate of drug-likeness (QED) is 0.900. The molecule has 18 heavy (non-hydrogen) atoms. The van der Waals surface area contributed by atoms with Gasteiger partial charge in [-0.1, -0.05) is 0 Å². The van der Waals surface area contributed by atoms with Crippen molar-refractivity contribution in [2.45, 2.75) is 0 Å². The van der Waals surface area contributed by atoms with Crippen LogP contribution in [0, 0.1) is 0 Å². The Balaban J connectivity index is 2.03. The first kappa shape index (κ1) is 11.9. The maximum Gasteiger partial charge on any atom is 0.225 e. The molecule has 0 bridgehead atoms. The molecule has 1 N–H and O–H groups in total. The lowest BCUT2D eigenvalue weighted by molar-refractivity contribution is 0.672. The highest BCUT2D eigenvalue weighted by atomic mass is 32.2. The number of nitrogens with one attached hydrogen (secondary N) is 1. The molecule has 1 fully saturated rings. The predicted molar refractivity (Wildman–Crippen MR) is 77.1 cm³/mol. The van der Waals surface area contributed by atoms with Gasteiger partial charge in [-0.2, -0.15) is 4.98 Å². The van der Waals surface area contributed by atoms with E-state index in [-0.39, 0.29) is 0 Å². The molecule has 0 saturated carbocycles. The minimum atomic E-state index is -0.663. The van der Waals surface area contributed by atoms with E-state index in [1.807, 2.05) is 18.5 Å². The van der Waals surface area contributed by atoms with Crippen molar-refractivity contribution in [1.82, 2.24) is 9.97 Å². The van der Waals surface area contributed by atoms with Crippen LogP contribution in [0.5, 0.6) is 0 Å². The van der Waals surface area contributed by atoms with Crippen molar-refractivity contribution in [1.29, 1.82) is 0 Å². The summed E-state index contributed by atoms with van der Waals surface area (Å²) >= 11 is 1.66. The second-order valence-corrected chi connectivity index (χ2v) is 6.70. The first-order chi connectivity index (χ1) is 8.78. The second-order valence-electron chi connectivity index (χ2n) is 4.09. The Morgan fingerprint density at radius 3 is 2.89 bits per heavy atom. The van der Waals surface area contributed by atoms with E-state index in [0.717, 1.165) is 40.6 Å². The standard InChI is InChI=1S/C11H14N4OS2/c1-12-11-13-8-2-5-17-9(8)10(14-11)15-3-6-18(16)7-4-15/h2,5H,3-4,6-7H2,1H3,(H,12,13,14). The number of rotatable bonds is 2. The van der Waals surface area contributed by atoms with Crippen LogP contribution in [0.2, 0.25) is 0 Å². The van der Waals surface area contributed by atoms with E-state index >= 15 is 0 Å². The molecule has 3 rings (SSSR count). The third kappa shape index (κ3) is 2.08. The lowest BCUT2D eigenvalue weighted by atomic mass is 10.4. The molecule has 1 saturated heterocycles. The highest BCUT2D eigenvalue weighted by Gasteiger charge is 2.20. The minimum absolute atomic E-state index is 0.641. The molecule has 96 valence electrons. The maximum atomic E-state index is 11.4. The van der Waals surface area contributed by atoms with E-state index in [4.69, 9.17) is 0 Å². The van der Waals surface area contributed by atoms with Crippen LogP contribution in [0.3, 0.4) is 0 Å². The Morgan fingerprint density at radius 1 is 1.39 bits per heavy atom. The van der Waals surface area contributed by atoms with Crippen molar-refractivity contribution < 1.29 is 4.21 Å². The van der Waals surface area contributed by atoms with Crippen molar-refractivity contribution in [2.24, 2.45) is 0 Å². The second kappa shape index (κ2) is 4.81. The largest absolute Gasteiger partial charge is 0.357 e. The van der Waals surface area contributed by atoms with Crippen LogP contribution in [0.4, 0.5) is 11.8 Å². The zero-order valence-corrected chi connectivity index (χ0v) is 11.7. The molecule has 0 spiro atoms. The zero-order chi connectivity index (χ0) is 12.5. The fraction of sp³-hybridized carbons (Fsp3) is 0.455. The summed E-state index contributed by atoms with van der Waals surface area (Å²) in [6.07, 6.45) is 0. The molecule has 7 heteroatoms. The smallest absolute Gasteiger partial charge is 0.225 e. The highest BCUT2D eigenvalue weighted by Crippen LogP contribution is 2.30. The summed E-state index contributed by atoms with van der Waals surface area (Å²) < 4.78 is 12.5. The van der Waals surface area contributed by atoms with Crippen LogP contribution < -0.4 is 10.2 Å². The summed E-state index contributed by atoms with van der Waals surface area (Å²) in [5, 5.41) is 5.03. The van der Waals surface area contributed by atoms with Gasteiger partial charge < -0.3 is 10.2 Å². The zero-order valence-electron chi connectivity index (χ0n) is 10.0. The maximum absolute atomic E-state index is 11.4. The Labute approximate surface area is 112 Å². The molecule has 5 nitrogen and oxygen atoms in total. The van der Waals surface area contributed by atoms with E-state index in [2.05, 4.69) is 20.2 Å². The third-order valence-corrected chi connectivity index (χ3v) is 5.16. The average Bonchev–Trinajstić information content (AvgIpc) is 2.86. The van der Waals surface area contributed by atoms with Gasteiger partial charge in [0.15, 0.2) is 5.82 Å². The molecule has 1 aliphatic rings. The summed E-state index contributed by atoms with van der Waals surface area (Å²) in [4.78, 5) is 11.2. The van der Waals surface area contributed by atoms with Gasteiger partial charge in [0.05, 0.1) is 10.2 Å². The van der Waals surface area contributed by atoms with Crippen LogP contribution in [-0.4, -0.2) is 45.8 Å². The summed E-state index contributed by atoms with van der Waals surface area (Å²) in [6.45, 7) is 1.61. The molecule has 0 radical (unpaired) electrons. The first-order valence-corrected chi connectivity index (χ1v) is 8.17. The summed E-state index contributed by atoms with van der Waals surface area (Å²) in [5.41, 5.74) is 0.973. The minimum Gasteiger partial charge on any atom is -0.357 e. The Bertz CT molecular complexity index is 588. The fourth-order valence-corrected chi connectivity index (χ4v) is 3.92. The number of hydrogen-bond donors (Lipinski definition) is 1. The number of fused-ring (bicyclic) bond motifs is 1. The first-order valence-electron chi connectivity index (χ1n) is 5.81. The van der Waals surface area contributed by atoms with Gasteiger partial charge in [-0.05, 0) is 11.4 Å². The molecule has 2 aromatic rings. The highest BCUT2D eigenvalue weighted by molar-refractivity contribution is 7.85. The van der Waals surface area contributed by atoms with Crippen LogP contribution >= 0.6 is 11.3 Å². The molecule has 0 atom stereocenters. The third-order valence-electron chi connectivity index (χ3n) is 2.99. The van der Waals surface area contributed by atoms with Crippen molar-refractivity contribution in [2.75, 3.05) is 41.9 Å². The Hall–Kier alpha value is -1.21. The van der Waals surface area contributed by atoms with E-state index in [0.29, 0.717) is 5.95 Å². The average molecular weight is 282 g/mol. The molecule has 0 amide bonds. The van der Waals surface area contributed by atoms with Gasteiger partial charge in [-0.3, -0.25) is 4.21 Å². The van der Waals surface area contributed by atoms with Gasteiger partial charge >= 0.3 is 0 Å². The lowest BCUT2D eigenvalue weighted by Crippen LogP contribution is -2.38. The predicted octanol–water partition coefficient (Wildman–Crippen LogP) is 1.30. The van der Waals surface area contributed by atoms with Gasteiger partial charge in [0.2, 0.25) is 5.95 Å².